The molecule has 0 fully saturated rings. The maximum Gasteiger partial charge on any atom is 0.339 e. The Morgan fingerprint density at radius 1 is 1.20 bits per heavy atom. The summed E-state index contributed by atoms with van der Waals surface area (Å²) >= 11 is 0. The SMILES string of the molecule is CCO/C=C(\C(=O)OCC)C(C)OCC. The van der Waals surface area contributed by atoms with Gasteiger partial charge in [0.2, 0.25) is 0 Å². The summed E-state index contributed by atoms with van der Waals surface area (Å²) in [6, 6.07) is 0. The normalized spacial score (nSPS) is 13.5. The van der Waals surface area contributed by atoms with Crippen LogP contribution in [-0.2, 0) is 19.0 Å². The van der Waals surface area contributed by atoms with Crippen molar-refractivity contribution in [2.75, 3.05) is 19.8 Å². The summed E-state index contributed by atoms with van der Waals surface area (Å²) in [5.74, 6) is -0.382. The van der Waals surface area contributed by atoms with Crippen LogP contribution in [-0.4, -0.2) is 31.9 Å². The Morgan fingerprint density at radius 3 is 2.33 bits per heavy atom. The van der Waals surface area contributed by atoms with E-state index in [2.05, 4.69) is 0 Å². The first-order valence-electron chi connectivity index (χ1n) is 5.27. The summed E-state index contributed by atoms with van der Waals surface area (Å²) in [5, 5.41) is 0. The van der Waals surface area contributed by atoms with Gasteiger partial charge in [-0.15, -0.1) is 0 Å². The maximum absolute atomic E-state index is 11.5. The second-order valence-electron chi connectivity index (χ2n) is 2.85. The zero-order valence-corrected chi connectivity index (χ0v) is 9.91. The molecular weight excluding hydrogens is 196 g/mol. The highest BCUT2D eigenvalue weighted by Crippen LogP contribution is 2.09. The zero-order valence-electron chi connectivity index (χ0n) is 9.91. The van der Waals surface area contributed by atoms with Gasteiger partial charge in [-0.05, 0) is 27.7 Å². The molecule has 0 bridgehead atoms. The third kappa shape index (κ3) is 5.42. The number of esters is 1. The van der Waals surface area contributed by atoms with Crippen LogP contribution in [0.25, 0.3) is 0 Å². The van der Waals surface area contributed by atoms with E-state index in [0.29, 0.717) is 25.4 Å². The van der Waals surface area contributed by atoms with Crippen LogP contribution in [0.5, 0.6) is 0 Å². The van der Waals surface area contributed by atoms with E-state index in [1.165, 1.54) is 6.26 Å². The largest absolute Gasteiger partial charge is 0.501 e. The third-order valence-electron chi connectivity index (χ3n) is 1.74. The van der Waals surface area contributed by atoms with E-state index in [0.717, 1.165) is 0 Å². The van der Waals surface area contributed by atoms with Gasteiger partial charge in [0.15, 0.2) is 0 Å². The van der Waals surface area contributed by atoms with Gasteiger partial charge in [-0.1, -0.05) is 0 Å². The van der Waals surface area contributed by atoms with E-state index in [9.17, 15) is 4.79 Å². The van der Waals surface area contributed by atoms with Gasteiger partial charge in [0, 0.05) is 6.61 Å². The van der Waals surface area contributed by atoms with Crippen LogP contribution in [0.1, 0.15) is 27.7 Å². The van der Waals surface area contributed by atoms with E-state index in [-0.39, 0.29) is 12.1 Å². The second-order valence-corrected chi connectivity index (χ2v) is 2.85. The molecule has 15 heavy (non-hydrogen) atoms. The van der Waals surface area contributed by atoms with E-state index in [4.69, 9.17) is 14.2 Å². The van der Waals surface area contributed by atoms with Crippen molar-refractivity contribution >= 4 is 5.97 Å². The van der Waals surface area contributed by atoms with Crippen molar-refractivity contribution in [3.63, 3.8) is 0 Å². The average molecular weight is 216 g/mol. The number of rotatable bonds is 7. The lowest BCUT2D eigenvalue weighted by atomic mass is 10.2. The number of carbonyl (C=O) groups excluding carboxylic acids is 1. The average Bonchev–Trinajstić information content (AvgIpc) is 2.19. The Labute approximate surface area is 91.2 Å². The minimum atomic E-state index is -0.382. The summed E-state index contributed by atoms with van der Waals surface area (Å²) in [5.41, 5.74) is 0.417. The molecule has 1 unspecified atom stereocenters. The van der Waals surface area contributed by atoms with Crippen molar-refractivity contribution in [2.24, 2.45) is 0 Å². The van der Waals surface area contributed by atoms with Crippen LogP contribution in [0.2, 0.25) is 0 Å². The minimum Gasteiger partial charge on any atom is -0.501 e. The van der Waals surface area contributed by atoms with Crippen LogP contribution in [0.15, 0.2) is 11.8 Å². The maximum atomic E-state index is 11.5. The van der Waals surface area contributed by atoms with Crippen molar-refractivity contribution in [3.05, 3.63) is 11.8 Å². The molecule has 1 atom stereocenters. The molecule has 0 saturated heterocycles. The van der Waals surface area contributed by atoms with Crippen LogP contribution >= 0.6 is 0 Å². The summed E-state index contributed by atoms with van der Waals surface area (Å²) < 4.78 is 15.3. The lowest BCUT2D eigenvalue weighted by molar-refractivity contribution is -0.140. The predicted molar refractivity (Wildman–Crippen MR) is 57.4 cm³/mol. The van der Waals surface area contributed by atoms with Crippen LogP contribution in [0.4, 0.5) is 0 Å². The van der Waals surface area contributed by atoms with Crippen molar-refractivity contribution in [1.29, 1.82) is 0 Å². The summed E-state index contributed by atoms with van der Waals surface area (Å²) in [6.45, 7) is 8.70. The first-order valence-corrected chi connectivity index (χ1v) is 5.27. The molecule has 0 aromatic heterocycles. The number of ether oxygens (including phenoxy) is 3. The molecule has 0 amide bonds. The molecule has 4 nitrogen and oxygen atoms in total. The topological polar surface area (TPSA) is 44.8 Å². The summed E-state index contributed by atoms with van der Waals surface area (Å²) in [6.07, 6.45) is 1.11. The molecule has 0 aromatic carbocycles. The summed E-state index contributed by atoms with van der Waals surface area (Å²) in [4.78, 5) is 11.5. The standard InChI is InChI=1S/C11H20O4/c1-5-13-8-10(9(4)14-6-2)11(12)15-7-3/h8-9H,5-7H2,1-4H3/b10-8-. The van der Waals surface area contributed by atoms with Gasteiger partial charge in [0.05, 0.1) is 31.2 Å². The lowest BCUT2D eigenvalue weighted by Crippen LogP contribution is -2.21. The summed E-state index contributed by atoms with van der Waals surface area (Å²) in [7, 11) is 0. The fourth-order valence-electron chi connectivity index (χ4n) is 1.04. The first-order chi connectivity index (χ1) is 7.17. The van der Waals surface area contributed by atoms with Crippen molar-refractivity contribution < 1.29 is 19.0 Å². The molecule has 0 aliphatic carbocycles. The Bertz CT molecular complexity index is 211. The molecule has 4 heteroatoms. The monoisotopic (exact) mass is 216 g/mol. The molecule has 0 heterocycles. The predicted octanol–water partition coefficient (Wildman–Crippen LogP) is 1.89. The van der Waals surface area contributed by atoms with Gasteiger partial charge in [0.1, 0.15) is 0 Å². The quantitative estimate of drug-likeness (QED) is 0.370. The van der Waals surface area contributed by atoms with E-state index in [1.54, 1.807) is 13.8 Å². The van der Waals surface area contributed by atoms with Crippen LogP contribution in [0, 0.1) is 0 Å². The Morgan fingerprint density at radius 2 is 1.87 bits per heavy atom. The Kier molecular flexibility index (Phi) is 7.72. The van der Waals surface area contributed by atoms with Crippen molar-refractivity contribution in [3.8, 4) is 0 Å². The molecule has 0 rings (SSSR count). The molecule has 88 valence electrons. The van der Waals surface area contributed by atoms with Gasteiger partial charge >= 0.3 is 5.97 Å². The smallest absolute Gasteiger partial charge is 0.339 e. The van der Waals surface area contributed by atoms with Gasteiger partial charge < -0.3 is 14.2 Å². The highest BCUT2D eigenvalue weighted by Gasteiger charge is 2.18. The van der Waals surface area contributed by atoms with Crippen molar-refractivity contribution in [2.45, 2.75) is 33.8 Å². The molecule has 0 spiro atoms. The number of carbonyl (C=O) groups is 1. The van der Waals surface area contributed by atoms with Crippen molar-refractivity contribution in [1.82, 2.24) is 0 Å². The number of hydrogen-bond acceptors (Lipinski definition) is 4. The Balaban J connectivity index is 4.49. The van der Waals surface area contributed by atoms with Gasteiger partial charge in [0.25, 0.3) is 0 Å². The van der Waals surface area contributed by atoms with Gasteiger partial charge in [-0.2, -0.15) is 0 Å². The second kappa shape index (κ2) is 8.29. The molecule has 0 aromatic rings. The zero-order chi connectivity index (χ0) is 11.7. The molecule has 0 aliphatic heterocycles. The molecule has 0 saturated carbocycles. The molecule has 0 radical (unpaired) electrons. The number of hydrogen-bond donors (Lipinski definition) is 0. The third-order valence-corrected chi connectivity index (χ3v) is 1.74. The van der Waals surface area contributed by atoms with E-state index in [1.807, 2.05) is 13.8 Å². The van der Waals surface area contributed by atoms with Crippen LogP contribution in [0.3, 0.4) is 0 Å². The molecular formula is C11H20O4. The van der Waals surface area contributed by atoms with Crippen LogP contribution < -0.4 is 0 Å². The van der Waals surface area contributed by atoms with Gasteiger partial charge in [-0.25, -0.2) is 4.79 Å². The minimum absolute atomic E-state index is 0.305. The van der Waals surface area contributed by atoms with E-state index < -0.39 is 0 Å². The first kappa shape index (κ1) is 14.0. The Hall–Kier alpha value is -1.03. The fraction of sp³-hybridized carbons (Fsp3) is 0.727. The molecule has 0 N–H and O–H groups in total. The highest BCUT2D eigenvalue weighted by atomic mass is 16.5. The lowest BCUT2D eigenvalue weighted by Gasteiger charge is -2.14. The van der Waals surface area contributed by atoms with Gasteiger partial charge in [-0.3, -0.25) is 0 Å². The van der Waals surface area contributed by atoms with E-state index >= 15 is 0 Å². The highest BCUT2D eigenvalue weighted by molar-refractivity contribution is 5.89. The fourth-order valence-corrected chi connectivity index (χ4v) is 1.04. The molecule has 0 aliphatic rings.